The second-order valence-corrected chi connectivity index (χ2v) is 7.18. The maximum absolute atomic E-state index is 11.7. The number of nitrogens with one attached hydrogen (secondary N) is 1. The lowest BCUT2D eigenvalue weighted by Gasteiger charge is -2.24. The summed E-state index contributed by atoms with van der Waals surface area (Å²) >= 11 is 0. The zero-order valence-electron chi connectivity index (χ0n) is 12.2. The molecule has 0 aliphatic carbocycles. The molecule has 0 aromatic carbocycles. The summed E-state index contributed by atoms with van der Waals surface area (Å²) in [6, 6.07) is 0.663. The van der Waals surface area contributed by atoms with Crippen LogP contribution in [-0.4, -0.2) is 42.6 Å². The molecule has 0 heterocycles. The van der Waals surface area contributed by atoms with Gasteiger partial charge in [0.2, 0.25) is 5.91 Å². The average molecular weight is 287 g/mol. The van der Waals surface area contributed by atoms with Crippen LogP contribution in [0.4, 0.5) is 0 Å². The summed E-state index contributed by atoms with van der Waals surface area (Å²) < 4.78 is 15.9. The summed E-state index contributed by atoms with van der Waals surface area (Å²) in [7, 11) is 2.21. The van der Waals surface area contributed by atoms with Crippen LogP contribution in [-0.2, 0) is 18.1 Å². The summed E-state index contributed by atoms with van der Waals surface area (Å²) in [5.74, 6) is -0.110. The molecule has 0 fully saturated rings. The van der Waals surface area contributed by atoms with Crippen LogP contribution in [0.5, 0.6) is 0 Å². The molecule has 0 rings (SSSR count). The summed E-state index contributed by atoms with van der Waals surface area (Å²) in [4.78, 5) is 11.7. The smallest absolute Gasteiger partial charge is 0.377 e. The molecular formula is C13H25NO4Si. The van der Waals surface area contributed by atoms with Crippen molar-refractivity contribution in [3.8, 4) is 0 Å². The van der Waals surface area contributed by atoms with E-state index in [2.05, 4.69) is 18.5 Å². The first kappa shape index (κ1) is 18.0. The first-order chi connectivity index (χ1) is 9.05. The number of hydrogen-bond donors (Lipinski definition) is 1. The molecule has 0 spiro atoms. The van der Waals surface area contributed by atoms with E-state index in [1.165, 1.54) is 0 Å². The molecule has 1 N–H and O–H groups in total. The number of allylic oxidation sites excluding steroid dienone is 1. The highest BCUT2D eigenvalue weighted by Crippen LogP contribution is 2.14. The molecule has 0 aliphatic heterocycles. The van der Waals surface area contributed by atoms with Gasteiger partial charge in [0.25, 0.3) is 0 Å². The van der Waals surface area contributed by atoms with Gasteiger partial charge in [-0.1, -0.05) is 12.7 Å². The Balaban J connectivity index is 3.93. The zero-order valence-corrected chi connectivity index (χ0v) is 13.2. The van der Waals surface area contributed by atoms with Crippen molar-refractivity contribution in [3.63, 3.8) is 0 Å². The van der Waals surface area contributed by atoms with Crippen molar-refractivity contribution in [1.29, 1.82) is 0 Å². The largest absolute Gasteiger partial charge is 0.500 e. The van der Waals surface area contributed by atoms with Crippen molar-refractivity contribution in [2.75, 3.05) is 27.9 Å². The first-order valence-electron chi connectivity index (χ1n) is 6.27. The summed E-state index contributed by atoms with van der Waals surface area (Å²) in [5.41, 5.74) is 0.577. The molecule has 6 heteroatoms. The number of carbonyl (C=O) groups excluding carboxylic acids is 1. The minimum Gasteiger partial charge on any atom is -0.377 e. The monoisotopic (exact) mass is 287 g/mol. The molecule has 0 saturated heterocycles. The van der Waals surface area contributed by atoms with Gasteiger partial charge in [-0.25, -0.2) is 0 Å². The van der Waals surface area contributed by atoms with Gasteiger partial charge in [0.1, 0.15) is 0 Å². The van der Waals surface area contributed by atoms with E-state index in [1.807, 2.05) is 0 Å². The van der Waals surface area contributed by atoms with Gasteiger partial charge >= 0.3 is 8.80 Å². The highest BCUT2D eigenvalue weighted by molar-refractivity contribution is 6.60. The molecule has 0 aromatic rings. The molecule has 0 aromatic heterocycles. The maximum Gasteiger partial charge on any atom is 0.500 e. The second-order valence-electron chi connectivity index (χ2n) is 4.09. The van der Waals surface area contributed by atoms with Crippen LogP contribution in [0.25, 0.3) is 0 Å². The van der Waals surface area contributed by atoms with Gasteiger partial charge in [0, 0.05) is 39.5 Å². The Hall–Kier alpha value is -0.953. The third kappa shape index (κ3) is 6.67. The standard InChI is InChI=1S/C13H25NO4Si/c1-6-7-9-12(2)13(15)14-10-8-11-19(16-3,17-4)18-5/h6H,1-2,7-11H2,3-5H3,(H,14,15). The van der Waals surface area contributed by atoms with Gasteiger partial charge < -0.3 is 18.6 Å². The normalized spacial score (nSPS) is 11.1. The average Bonchev–Trinajstić information content (AvgIpc) is 2.45. The van der Waals surface area contributed by atoms with Gasteiger partial charge in [0.15, 0.2) is 0 Å². The predicted octanol–water partition coefficient (Wildman–Crippen LogP) is 1.89. The molecule has 19 heavy (non-hydrogen) atoms. The Morgan fingerprint density at radius 2 is 1.84 bits per heavy atom. The van der Waals surface area contributed by atoms with E-state index in [1.54, 1.807) is 27.4 Å². The Kier molecular flexibility index (Phi) is 9.41. The van der Waals surface area contributed by atoms with Gasteiger partial charge in [-0.15, -0.1) is 6.58 Å². The van der Waals surface area contributed by atoms with Crippen molar-refractivity contribution < 1.29 is 18.1 Å². The maximum atomic E-state index is 11.7. The molecule has 0 radical (unpaired) electrons. The number of amides is 1. The van der Waals surface area contributed by atoms with Crippen molar-refractivity contribution in [1.82, 2.24) is 5.32 Å². The Bertz CT molecular complexity index is 295. The molecule has 0 bridgehead atoms. The fraction of sp³-hybridized carbons (Fsp3) is 0.615. The van der Waals surface area contributed by atoms with Crippen LogP contribution in [0.1, 0.15) is 19.3 Å². The third-order valence-electron chi connectivity index (χ3n) is 2.85. The van der Waals surface area contributed by atoms with Crippen LogP contribution < -0.4 is 5.32 Å². The lowest BCUT2D eigenvalue weighted by Crippen LogP contribution is -2.43. The zero-order chi connectivity index (χ0) is 14.7. The van der Waals surface area contributed by atoms with Crippen molar-refractivity contribution >= 4 is 14.7 Å². The van der Waals surface area contributed by atoms with Crippen molar-refractivity contribution in [3.05, 3.63) is 24.8 Å². The quantitative estimate of drug-likeness (QED) is 0.273. The first-order valence-corrected chi connectivity index (χ1v) is 8.20. The Labute approximate surface area is 117 Å². The van der Waals surface area contributed by atoms with Crippen LogP contribution in [0.3, 0.4) is 0 Å². The van der Waals surface area contributed by atoms with Crippen LogP contribution in [0.15, 0.2) is 24.8 Å². The lowest BCUT2D eigenvalue weighted by atomic mass is 10.1. The molecule has 0 unspecified atom stereocenters. The topological polar surface area (TPSA) is 56.8 Å². The predicted molar refractivity (Wildman–Crippen MR) is 77.8 cm³/mol. The fourth-order valence-electron chi connectivity index (χ4n) is 1.58. The summed E-state index contributed by atoms with van der Waals surface area (Å²) in [5, 5.41) is 2.82. The van der Waals surface area contributed by atoms with Crippen LogP contribution in [0, 0.1) is 0 Å². The number of hydrogen-bond acceptors (Lipinski definition) is 4. The molecule has 5 nitrogen and oxygen atoms in total. The SMILES string of the molecule is C=CCCC(=C)C(=O)NCCC[Si](OC)(OC)OC. The third-order valence-corrected chi connectivity index (χ3v) is 5.68. The van der Waals surface area contributed by atoms with E-state index in [0.29, 0.717) is 24.6 Å². The molecule has 1 amide bonds. The fourth-order valence-corrected chi connectivity index (χ4v) is 3.30. The van der Waals surface area contributed by atoms with Gasteiger partial charge in [-0.3, -0.25) is 4.79 Å². The molecular weight excluding hydrogens is 262 g/mol. The molecule has 0 aliphatic rings. The van der Waals surface area contributed by atoms with Crippen LogP contribution in [0.2, 0.25) is 6.04 Å². The van der Waals surface area contributed by atoms with Crippen molar-refractivity contribution in [2.45, 2.75) is 25.3 Å². The lowest BCUT2D eigenvalue weighted by molar-refractivity contribution is -0.117. The van der Waals surface area contributed by atoms with Gasteiger partial charge in [-0.2, -0.15) is 0 Å². The van der Waals surface area contributed by atoms with Crippen molar-refractivity contribution in [2.24, 2.45) is 0 Å². The molecule has 110 valence electrons. The van der Waals surface area contributed by atoms with E-state index >= 15 is 0 Å². The number of carbonyl (C=O) groups is 1. The summed E-state index contributed by atoms with van der Waals surface area (Å²) in [6.07, 6.45) is 3.91. The van der Waals surface area contributed by atoms with Crippen LogP contribution >= 0.6 is 0 Å². The van der Waals surface area contributed by atoms with Gasteiger partial charge in [0.05, 0.1) is 0 Å². The Morgan fingerprint density at radius 3 is 2.32 bits per heavy atom. The molecule has 0 saturated carbocycles. The summed E-state index contributed by atoms with van der Waals surface area (Å²) in [6.45, 7) is 7.91. The van der Waals surface area contributed by atoms with E-state index in [0.717, 1.165) is 12.8 Å². The van der Waals surface area contributed by atoms with E-state index < -0.39 is 8.80 Å². The minimum absolute atomic E-state index is 0.110. The minimum atomic E-state index is -2.52. The second kappa shape index (κ2) is 9.91. The van der Waals surface area contributed by atoms with E-state index in [-0.39, 0.29) is 5.91 Å². The number of rotatable bonds is 11. The van der Waals surface area contributed by atoms with E-state index in [4.69, 9.17) is 13.3 Å². The Morgan fingerprint density at radius 1 is 1.26 bits per heavy atom. The highest BCUT2D eigenvalue weighted by Gasteiger charge is 2.36. The molecule has 0 atom stereocenters. The highest BCUT2D eigenvalue weighted by atomic mass is 28.4. The van der Waals surface area contributed by atoms with Gasteiger partial charge in [-0.05, 0) is 19.3 Å². The van der Waals surface area contributed by atoms with E-state index in [9.17, 15) is 4.79 Å².